The summed E-state index contributed by atoms with van der Waals surface area (Å²) < 4.78 is 12.4. The van der Waals surface area contributed by atoms with Crippen molar-refractivity contribution in [3.05, 3.63) is 75.8 Å². The minimum atomic E-state index is -0.465. The number of nitrogens with zero attached hydrogens (tertiary/aromatic N) is 3. The Hall–Kier alpha value is -3.43. The summed E-state index contributed by atoms with van der Waals surface area (Å²) in [5, 5.41) is 17.8. The molecule has 176 valence electrons. The van der Waals surface area contributed by atoms with Crippen LogP contribution in [0.2, 0.25) is 0 Å². The fourth-order valence-electron chi connectivity index (χ4n) is 3.87. The van der Waals surface area contributed by atoms with Crippen molar-refractivity contribution in [3.8, 4) is 11.5 Å². The van der Waals surface area contributed by atoms with Crippen LogP contribution in [0.3, 0.4) is 0 Å². The molecule has 0 unspecified atom stereocenters. The van der Waals surface area contributed by atoms with Gasteiger partial charge in [0.25, 0.3) is 5.91 Å². The first kappa shape index (κ1) is 23.3. The zero-order valence-electron chi connectivity index (χ0n) is 19.0. The predicted molar refractivity (Wildman–Crippen MR) is 144 cm³/mol. The number of amides is 1. The van der Waals surface area contributed by atoms with Gasteiger partial charge in [0.05, 0.1) is 17.2 Å². The molecule has 0 aromatic heterocycles. The first-order valence-electron chi connectivity index (χ1n) is 10.9. The lowest BCUT2D eigenvalue weighted by molar-refractivity contribution is -0.114. The monoisotopic (exact) mass is 548 g/mol. The van der Waals surface area contributed by atoms with Crippen molar-refractivity contribution in [2.45, 2.75) is 20.0 Å². The highest BCUT2D eigenvalue weighted by molar-refractivity contribution is 9.10. The number of rotatable bonds is 6. The lowest BCUT2D eigenvalue weighted by Gasteiger charge is -2.20. The summed E-state index contributed by atoms with van der Waals surface area (Å²) in [5.74, 6) is 0.601. The molecule has 0 aliphatic carbocycles. The van der Waals surface area contributed by atoms with E-state index in [0.29, 0.717) is 39.7 Å². The smallest absolute Gasteiger partial charge is 0.283 e. The van der Waals surface area contributed by atoms with Crippen LogP contribution >= 0.6 is 27.7 Å². The van der Waals surface area contributed by atoms with Gasteiger partial charge in [0, 0.05) is 0 Å². The van der Waals surface area contributed by atoms with E-state index < -0.39 is 5.91 Å². The van der Waals surface area contributed by atoms with Crippen molar-refractivity contribution in [1.82, 2.24) is 5.01 Å². The molecule has 0 fully saturated rings. The number of carbonyl (C=O) groups is 1. The second-order valence-corrected chi connectivity index (χ2v) is 9.72. The van der Waals surface area contributed by atoms with Gasteiger partial charge in [0.15, 0.2) is 17.3 Å². The molecule has 0 radical (unpaired) electrons. The van der Waals surface area contributed by atoms with Crippen LogP contribution < -0.4 is 9.47 Å². The highest BCUT2D eigenvalue weighted by Crippen LogP contribution is 2.38. The number of hydrogen-bond acceptors (Lipinski definition) is 6. The van der Waals surface area contributed by atoms with E-state index in [-0.39, 0.29) is 11.4 Å². The van der Waals surface area contributed by atoms with Crippen LogP contribution in [0.15, 0.2) is 74.7 Å². The highest BCUT2D eigenvalue weighted by atomic mass is 79.9. The van der Waals surface area contributed by atoms with Crippen LogP contribution in [-0.4, -0.2) is 34.1 Å². The summed E-state index contributed by atoms with van der Waals surface area (Å²) in [7, 11) is 1.57. The number of thioether (sulfide) groups is 1. The van der Waals surface area contributed by atoms with Gasteiger partial charge in [0.1, 0.15) is 11.7 Å². The summed E-state index contributed by atoms with van der Waals surface area (Å²) in [6.07, 6.45) is 2.34. The van der Waals surface area contributed by atoms with Gasteiger partial charge in [-0.25, -0.2) is 0 Å². The lowest BCUT2D eigenvalue weighted by atomic mass is 10.1. The highest BCUT2D eigenvalue weighted by Gasteiger charge is 2.35. The topological polar surface area (TPSA) is 87.3 Å². The average molecular weight is 549 g/mol. The summed E-state index contributed by atoms with van der Waals surface area (Å²) in [6, 6.07) is 17.9. The second-order valence-electron chi connectivity index (χ2n) is 7.83. The van der Waals surface area contributed by atoms with E-state index in [1.54, 1.807) is 19.3 Å². The third kappa shape index (κ3) is 4.49. The number of carbonyl (C=O) groups excluding carboxylic acids is 1. The third-order valence-corrected chi connectivity index (χ3v) is 7.26. The van der Waals surface area contributed by atoms with Gasteiger partial charge in [-0.1, -0.05) is 49.4 Å². The first-order chi connectivity index (χ1) is 17.0. The molecule has 0 atom stereocenters. The van der Waals surface area contributed by atoms with E-state index in [4.69, 9.17) is 14.9 Å². The van der Waals surface area contributed by atoms with Crippen LogP contribution in [-0.2, 0) is 11.4 Å². The number of halogens is 1. The van der Waals surface area contributed by atoms with Crippen LogP contribution in [0.4, 0.5) is 0 Å². The van der Waals surface area contributed by atoms with Gasteiger partial charge in [-0.3, -0.25) is 10.2 Å². The van der Waals surface area contributed by atoms with Gasteiger partial charge >= 0.3 is 0 Å². The fraction of sp³-hybridized carbons (Fsp3) is 0.154. The first-order valence-corrected chi connectivity index (χ1v) is 12.6. The molecule has 5 rings (SSSR count). The Bertz CT molecular complexity index is 1460. The van der Waals surface area contributed by atoms with E-state index in [1.807, 2.05) is 37.3 Å². The summed E-state index contributed by atoms with van der Waals surface area (Å²) in [6.45, 7) is 2.34. The van der Waals surface area contributed by atoms with Crippen molar-refractivity contribution in [1.29, 1.82) is 5.41 Å². The molecular formula is C26H21BrN4O3S. The molecule has 0 bridgehead atoms. The lowest BCUT2D eigenvalue weighted by Crippen LogP contribution is -2.35. The molecule has 7 nitrogen and oxygen atoms in total. The zero-order chi connectivity index (χ0) is 24.5. The average Bonchev–Trinajstić information content (AvgIpc) is 3.29. The van der Waals surface area contributed by atoms with Crippen molar-refractivity contribution in [2.75, 3.05) is 7.11 Å². The largest absolute Gasteiger partial charge is 0.493 e. The number of amidine groups is 2. The molecule has 35 heavy (non-hydrogen) atoms. The quantitative estimate of drug-likeness (QED) is 0.369. The van der Waals surface area contributed by atoms with Crippen LogP contribution in [0, 0.1) is 5.41 Å². The Morgan fingerprint density at radius 3 is 2.77 bits per heavy atom. The third-order valence-electron chi connectivity index (χ3n) is 5.61. The number of hydrazone groups is 1. The molecule has 0 saturated carbocycles. The summed E-state index contributed by atoms with van der Waals surface area (Å²) in [5.41, 5.74) is 1.90. The Balaban J connectivity index is 1.43. The van der Waals surface area contributed by atoms with Gasteiger partial charge in [0.2, 0.25) is 5.17 Å². The standard InChI is InChI=1S/C26H21BrN4O3S/c1-3-22-30-31-24(28)19(25(32)29-26(31)35-22)11-15-12-20(27)23(21(13-15)33-2)34-14-17-9-6-8-16-7-4-5-10-18(16)17/h4-13,28H,3,14H2,1-2H3/b19-11-,28-24?. The van der Waals surface area contributed by atoms with Crippen LogP contribution in [0.5, 0.6) is 11.5 Å². The van der Waals surface area contributed by atoms with Crippen molar-refractivity contribution < 1.29 is 14.3 Å². The minimum absolute atomic E-state index is 0.00215. The number of aliphatic imine (C=N–C) groups is 1. The maximum Gasteiger partial charge on any atom is 0.283 e. The number of nitrogens with one attached hydrogen (secondary N) is 1. The predicted octanol–water partition coefficient (Wildman–Crippen LogP) is 6.22. The molecule has 3 aromatic carbocycles. The normalized spacial score (nSPS) is 16.4. The van der Waals surface area contributed by atoms with E-state index in [2.05, 4.69) is 44.2 Å². The molecule has 1 amide bonds. The number of benzene rings is 3. The van der Waals surface area contributed by atoms with Crippen molar-refractivity contribution >= 4 is 66.5 Å². The van der Waals surface area contributed by atoms with Crippen LogP contribution in [0.25, 0.3) is 16.8 Å². The zero-order valence-corrected chi connectivity index (χ0v) is 21.4. The van der Waals surface area contributed by atoms with E-state index in [0.717, 1.165) is 21.4 Å². The van der Waals surface area contributed by atoms with Crippen molar-refractivity contribution in [3.63, 3.8) is 0 Å². The van der Waals surface area contributed by atoms with Gasteiger partial charge in [-0.15, -0.1) is 0 Å². The molecule has 0 spiro atoms. The van der Waals surface area contributed by atoms with Gasteiger partial charge in [-0.2, -0.15) is 15.1 Å². The van der Waals surface area contributed by atoms with E-state index >= 15 is 0 Å². The van der Waals surface area contributed by atoms with E-state index in [1.165, 1.54) is 16.8 Å². The number of ether oxygens (including phenoxy) is 2. The number of hydrogen-bond donors (Lipinski definition) is 1. The second kappa shape index (κ2) is 9.67. The Kier molecular flexibility index (Phi) is 6.44. The van der Waals surface area contributed by atoms with E-state index in [9.17, 15) is 4.79 Å². The van der Waals surface area contributed by atoms with Crippen LogP contribution in [0.1, 0.15) is 24.5 Å². The van der Waals surface area contributed by atoms with Crippen molar-refractivity contribution in [2.24, 2.45) is 10.1 Å². The van der Waals surface area contributed by atoms with Gasteiger partial charge in [-0.05, 0) is 74.2 Å². The molecule has 2 heterocycles. The number of methoxy groups -OCH3 is 1. The molecule has 0 saturated heterocycles. The summed E-state index contributed by atoms with van der Waals surface area (Å²) in [4.78, 5) is 16.8. The summed E-state index contributed by atoms with van der Waals surface area (Å²) >= 11 is 4.90. The fourth-order valence-corrected chi connectivity index (χ4v) is 5.27. The Labute approximate surface area is 215 Å². The molecule has 3 aromatic rings. The maximum atomic E-state index is 12.7. The maximum absolute atomic E-state index is 12.7. The molecule has 1 N–H and O–H groups in total. The molecule has 9 heteroatoms. The molecule has 2 aliphatic rings. The van der Waals surface area contributed by atoms with Gasteiger partial charge < -0.3 is 9.47 Å². The molecular weight excluding hydrogens is 528 g/mol. The number of fused-ring (bicyclic) bond motifs is 2. The Morgan fingerprint density at radius 2 is 1.97 bits per heavy atom. The minimum Gasteiger partial charge on any atom is -0.493 e. The molecule has 2 aliphatic heterocycles. The Morgan fingerprint density at radius 1 is 1.17 bits per heavy atom. The SMILES string of the molecule is CCC1=NN2C(=N)/C(=C/c3cc(Br)c(OCc4cccc5ccccc45)c(OC)c3)C(=O)N=C2S1.